The van der Waals surface area contributed by atoms with Crippen molar-refractivity contribution in [2.75, 3.05) is 6.61 Å². The van der Waals surface area contributed by atoms with Gasteiger partial charge in [-0.2, -0.15) is 0 Å². The van der Waals surface area contributed by atoms with Crippen LogP contribution in [-0.4, -0.2) is 17.5 Å². The second-order valence-corrected chi connectivity index (χ2v) is 3.79. The molecule has 4 heteroatoms. The Morgan fingerprint density at radius 2 is 2.21 bits per heavy atom. The van der Waals surface area contributed by atoms with E-state index < -0.39 is 5.82 Å². The van der Waals surface area contributed by atoms with Crippen LogP contribution in [0.2, 0.25) is 0 Å². The van der Waals surface area contributed by atoms with Gasteiger partial charge < -0.3 is 5.11 Å². The van der Waals surface area contributed by atoms with Gasteiger partial charge in [-0.05, 0) is 24.6 Å². The van der Waals surface area contributed by atoms with Crippen LogP contribution < -0.4 is 0 Å². The number of rotatable bonds is 4. The molecule has 1 rings (SSSR count). The number of aliphatic hydroxyl groups excluding tert-OH is 1. The molecule has 0 radical (unpaired) electrons. The second kappa shape index (κ2) is 5.22. The van der Waals surface area contributed by atoms with Crippen LogP contribution in [0.15, 0.2) is 22.7 Å². The van der Waals surface area contributed by atoms with Crippen molar-refractivity contribution >= 4 is 21.7 Å². The molecule has 0 atom stereocenters. The molecule has 1 N–H and O–H groups in total. The van der Waals surface area contributed by atoms with Gasteiger partial charge in [0.1, 0.15) is 5.82 Å². The van der Waals surface area contributed by atoms with Crippen LogP contribution in [0.25, 0.3) is 0 Å². The van der Waals surface area contributed by atoms with E-state index in [1.54, 1.807) is 0 Å². The summed E-state index contributed by atoms with van der Waals surface area (Å²) in [4.78, 5) is 11.4. The number of Topliss-reactive ketones (excluding diaryl/α,β-unsaturated/α-hetero) is 1. The summed E-state index contributed by atoms with van der Waals surface area (Å²) in [5.41, 5.74) is 0.0767. The first-order chi connectivity index (χ1) is 6.65. The number of ketones is 1. The number of benzene rings is 1. The van der Waals surface area contributed by atoms with E-state index in [-0.39, 0.29) is 24.4 Å². The topological polar surface area (TPSA) is 37.3 Å². The van der Waals surface area contributed by atoms with E-state index in [1.807, 2.05) is 0 Å². The molecule has 0 spiro atoms. The molecule has 1 aromatic carbocycles. The minimum Gasteiger partial charge on any atom is -0.396 e. The molecule has 0 aliphatic carbocycles. The first-order valence-corrected chi connectivity index (χ1v) is 5.03. The average molecular weight is 261 g/mol. The lowest BCUT2D eigenvalue weighted by atomic mass is 10.1. The van der Waals surface area contributed by atoms with Gasteiger partial charge in [0.2, 0.25) is 0 Å². The summed E-state index contributed by atoms with van der Waals surface area (Å²) >= 11 is 3.16. The number of halogens is 2. The maximum Gasteiger partial charge on any atom is 0.165 e. The third kappa shape index (κ3) is 2.89. The summed E-state index contributed by atoms with van der Waals surface area (Å²) in [5.74, 6) is -0.797. The van der Waals surface area contributed by atoms with Gasteiger partial charge in [0.15, 0.2) is 5.78 Å². The Kier molecular flexibility index (Phi) is 4.22. The molecular formula is C10H10BrFO2. The van der Waals surface area contributed by atoms with Crippen LogP contribution in [0.5, 0.6) is 0 Å². The zero-order chi connectivity index (χ0) is 10.6. The fourth-order valence-electron chi connectivity index (χ4n) is 1.09. The number of aliphatic hydroxyl groups is 1. The van der Waals surface area contributed by atoms with Crippen LogP contribution in [-0.2, 0) is 0 Å². The molecule has 0 aliphatic heterocycles. The van der Waals surface area contributed by atoms with Crippen molar-refractivity contribution in [3.05, 3.63) is 34.1 Å². The SMILES string of the molecule is O=C(CCCO)c1cc(Br)ccc1F. The normalized spacial score (nSPS) is 10.2. The first kappa shape index (κ1) is 11.3. The van der Waals surface area contributed by atoms with E-state index >= 15 is 0 Å². The fourth-order valence-corrected chi connectivity index (χ4v) is 1.45. The Morgan fingerprint density at radius 3 is 2.86 bits per heavy atom. The average Bonchev–Trinajstić information content (AvgIpc) is 2.18. The molecule has 0 aliphatic rings. The molecule has 0 unspecified atom stereocenters. The van der Waals surface area contributed by atoms with Crippen molar-refractivity contribution in [2.24, 2.45) is 0 Å². The molecule has 0 heterocycles. The van der Waals surface area contributed by atoms with Gasteiger partial charge in [-0.1, -0.05) is 15.9 Å². The summed E-state index contributed by atoms with van der Waals surface area (Å²) in [6.45, 7) is -0.0542. The first-order valence-electron chi connectivity index (χ1n) is 4.24. The summed E-state index contributed by atoms with van der Waals surface area (Å²) in [7, 11) is 0. The minimum absolute atomic E-state index is 0.0542. The van der Waals surface area contributed by atoms with Crippen LogP contribution in [0.4, 0.5) is 4.39 Å². The van der Waals surface area contributed by atoms with Crippen molar-refractivity contribution < 1.29 is 14.3 Å². The molecular weight excluding hydrogens is 251 g/mol. The van der Waals surface area contributed by atoms with Crippen molar-refractivity contribution in [3.8, 4) is 0 Å². The van der Waals surface area contributed by atoms with Crippen molar-refractivity contribution in [2.45, 2.75) is 12.8 Å². The molecule has 0 aromatic heterocycles. The Balaban J connectivity index is 2.83. The molecule has 76 valence electrons. The van der Waals surface area contributed by atoms with E-state index in [2.05, 4.69) is 15.9 Å². The van der Waals surface area contributed by atoms with E-state index in [0.717, 1.165) is 0 Å². The van der Waals surface area contributed by atoms with Gasteiger partial charge in [0.25, 0.3) is 0 Å². The third-order valence-corrected chi connectivity index (χ3v) is 2.28. The largest absolute Gasteiger partial charge is 0.396 e. The number of carbonyl (C=O) groups is 1. The number of hydrogen-bond donors (Lipinski definition) is 1. The molecule has 1 aromatic rings. The standard InChI is InChI=1S/C10H10BrFO2/c11-7-3-4-9(12)8(6-7)10(14)2-1-5-13/h3-4,6,13H,1-2,5H2. The Labute approximate surface area is 89.9 Å². The van der Waals surface area contributed by atoms with Crippen LogP contribution >= 0.6 is 15.9 Å². The highest BCUT2D eigenvalue weighted by molar-refractivity contribution is 9.10. The van der Waals surface area contributed by atoms with Gasteiger partial charge in [-0.25, -0.2) is 4.39 Å². The van der Waals surface area contributed by atoms with E-state index in [0.29, 0.717) is 10.9 Å². The third-order valence-electron chi connectivity index (χ3n) is 1.79. The fraction of sp³-hybridized carbons (Fsp3) is 0.300. The van der Waals surface area contributed by atoms with E-state index in [1.165, 1.54) is 18.2 Å². The Morgan fingerprint density at radius 1 is 1.50 bits per heavy atom. The predicted octanol–water partition coefficient (Wildman–Crippen LogP) is 2.54. The van der Waals surface area contributed by atoms with Crippen molar-refractivity contribution in [1.82, 2.24) is 0 Å². The monoisotopic (exact) mass is 260 g/mol. The summed E-state index contributed by atoms with van der Waals surface area (Å²) < 4.78 is 13.8. The lowest BCUT2D eigenvalue weighted by molar-refractivity contribution is 0.0967. The highest BCUT2D eigenvalue weighted by atomic mass is 79.9. The zero-order valence-electron chi connectivity index (χ0n) is 7.46. The van der Waals surface area contributed by atoms with E-state index in [4.69, 9.17) is 5.11 Å². The minimum atomic E-state index is -0.517. The van der Waals surface area contributed by atoms with Gasteiger partial charge in [0.05, 0.1) is 5.56 Å². The highest BCUT2D eigenvalue weighted by Gasteiger charge is 2.11. The molecule has 0 fully saturated rings. The number of carbonyl (C=O) groups excluding carboxylic acids is 1. The Hall–Kier alpha value is -0.740. The van der Waals surface area contributed by atoms with Crippen LogP contribution in [0.1, 0.15) is 23.2 Å². The smallest absolute Gasteiger partial charge is 0.165 e. The lowest BCUT2D eigenvalue weighted by Crippen LogP contribution is -2.03. The molecule has 2 nitrogen and oxygen atoms in total. The number of hydrogen-bond acceptors (Lipinski definition) is 2. The predicted molar refractivity (Wildman–Crippen MR) is 54.8 cm³/mol. The lowest BCUT2D eigenvalue weighted by Gasteiger charge is -2.02. The highest BCUT2D eigenvalue weighted by Crippen LogP contribution is 2.17. The molecule has 0 saturated heterocycles. The van der Waals surface area contributed by atoms with Crippen LogP contribution in [0.3, 0.4) is 0 Å². The van der Waals surface area contributed by atoms with Gasteiger partial charge in [-0.15, -0.1) is 0 Å². The molecule has 0 saturated carbocycles. The summed E-state index contributed by atoms with van der Waals surface area (Å²) in [6.07, 6.45) is 0.536. The Bertz CT molecular complexity index is 339. The van der Waals surface area contributed by atoms with Crippen molar-refractivity contribution in [1.29, 1.82) is 0 Å². The molecule has 14 heavy (non-hydrogen) atoms. The maximum atomic E-state index is 13.1. The molecule has 0 amide bonds. The summed E-state index contributed by atoms with van der Waals surface area (Å²) in [5, 5.41) is 8.53. The van der Waals surface area contributed by atoms with Crippen molar-refractivity contribution in [3.63, 3.8) is 0 Å². The second-order valence-electron chi connectivity index (χ2n) is 2.87. The van der Waals surface area contributed by atoms with Gasteiger partial charge in [0, 0.05) is 17.5 Å². The van der Waals surface area contributed by atoms with E-state index in [9.17, 15) is 9.18 Å². The summed E-state index contributed by atoms with van der Waals surface area (Å²) in [6, 6.07) is 4.24. The molecule has 0 bridgehead atoms. The van der Waals surface area contributed by atoms with Gasteiger partial charge in [-0.3, -0.25) is 4.79 Å². The zero-order valence-corrected chi connectivity index (χ0v) is 9.05. The van der Waals surface area contributed by atoms with Crippen LogP contribution in [0, 0.1) is 5.82 Å². The van der Waals surface area contributed by atoms with Gasteiger partial charge >= 0.3 is 0 Å². The quantitative estimate of drug-likeness (QED) is 0.845. The maximum absolute atomic E-state index is 13.1.